The van der Waals surface area contributed by atoms with E-state index in [0.29, 0.717) is 31.7 Å². The van der Waals surface area contributed by atoms with Crippen LogP contribution in [0.5, 0.6) is 0 Å². The molecule has 0 unspecified atom stereocenters. The Morgan fingerprint density at radius 3 is 2.54 bits per heavy atom. The molecule has 1 aliphatic rings. The van der Waals surface area contributed by atoms with Crippen molar-refractivity contribution in [3.05, 3.63) is 50.3 Å². The van der Waals surface area contributed by atoms with Gasteiger partial charge in [0.15, 0.2) is 5.78 Å². The summed E-state index contributed by atoms with van der Waals surface area (Å²) in [6.45, 7) is 2.50. The molecule has 10 heteroatoms. The van der Waals surface area contributed by atoms with E-state index in [-0.39, 0.29) is 17.9 Å². The highest BCUT2D eigenvalue weighted by atomic mass is 16.2. The fourth-order valence-corrected chi connectivity index (χ4v) is 3.20. The van der Waals surface area contributed by atoms with E-state index < -0.39 is 17.0 Å². The topological polar surface area (TPSA) is 130 Å². The number of Topliss-reactive ketones (excluding diaryl/α,β-unsaturated/α-hetero) is 1. The van der Waals surface area contributed by atoms with Gasteiger partial charge < -0.3 is 10.6 Å². The molecule has 3 rings (SSSR count). The van der Waals surface area contributed by atoms with Crippen LogP contribution in [0.25, 0.3) is 0 Å². The Bertz CT molecular complexity index is 1070. The van der Waals surface area contributed by atoms with Gasteiger partial charge in [-0.05, 0) is 12.1 Å². The lowest BCUT2D eigenvalue weighted by atomic mass is 10.1. The van der Waals surface area contributed by atoms with Gasteiger partial charge in [-0.1, -0.05) is 0 Å². The number of nitrogen functional groups attached to an aromatic ring is 1. The third kappa shape index (κ3) is 3.52. The number of hydrogen-bond acceptors (Lipinski definition) is 8. The number of ketones is 1. The normalized spacial score (nSPS) is 14.7. The fraction of sp³-hybridized carbons (Fsp3) is 0.389. The second kappa shape index (κ2) is 7.66. The van der Waals surface area contributed by atoms with E-state index in [0.717, 1.165) is 15.0 Å². The van der Waals surface area contributed by atoms with Crippen molar-refractivity contribution in [2.24, 2.45) is 14.1 Å². The number of pyridine rings is 1. The summed E-state index contributed by atoms with van der Waals surface area (Å²) >= 11 is 0. The third-order valence-electron chi connectivity index (χ3n) is 4.93. The molecule has 0 aromatic carbocycles. The average Bonchev–Trinajstić information content (AvgIpc) is 2.71. The molecule has 0 saturated carbocycles. The Morgan fingerprint density at radius 2 is 1.89 bits per heavy atom. The highest BCUT2D eigenvalue weighted by Gasteiger charge is 2.25. The van der Waals surface area contributed by atoms with Crippen molar-refractivity contribution in [1.29, 1.82) is 5.26 Å². The first-order chi connectivity index (χ1) is 13.3. The summed E-state index contributed by atoms with van der Waals surface area (Å²) in [7, 11) is 2.75. The van der Waals surface area contributed by atoms with Gasteiger partial charge in [0, 0.05) is 46.5 Å². The predicted octanol–water partition coefficient (Wildman–Crippen LogP) is -1.06. The van der Waals surface area contributed by atoms with Crippen molar-refractivity contribution in [2.75, 3.05) is 43.4 Å². The lowest BCUT2D eigenvalue weighted by Gasteiger charge is -2.35. The van der Waals surface area contributed by atoms with Gasteiger partial charge in [0.25, 0.3) is 5.56 Å². The molecule has 2 aromatic rings. The molecule has 146 valence electrons. The van der Waals surface area contributed by atoms with E-state index in [1.165, 1.54) is 14.1 Å². The highest BCUT2D eigenvalue weighted by molar-refractivity contribution is 6.01. The molecule has 1 fully saturated rings. The zero-order valence-electron chi connectivity index (χ0n) is 15.8. The molecule has 1 saturated heterocycles. The van der Waals surface area contributed by atoms with Crippen LogP contribution in [0.4, 0.5) is 11.6 Å². The number of carbonyl (C=O) groups is 1. The number of carbonyl (C=O) groups excluding carboxylic acids is 1. The number of rotatable bonds is 4. The van der Waals surface area contributed by atoms with Gasteiger partial charge in [-0.2, -0.15) is 5.26 Å². The molecular formula is C18H21N7O3. The maximum absolute atomic E-state index is 12.7. The quantitative estimate of drug-likeness (QED) is 0.661. The van der Waals surface area contributed by atoms with Crippen LogP contribution in [-0.4, -0.2) is 57.5 Å². The lowest BCUT2D eigenvalue weighted by molar-refractivity contribution is 0.0924. The minimum absolute atomic E-state index is 0.0388. The second-order valence-electron chi connectivity index (χ2n) is 6.67. The first-order valence-electron chi connectivity index (χ1n) is 8.75. The minimum Gasteiger partial charge on any atom is -0.384 e. The Balaban J connectivity index is 1.70. The van der Waals surface area contributed by atoms with Crippen LogP contribution in [-0.2, 0) is 14.1 Å². The summed E-state index contributed by atoms with van der Waals surface area (Å²) in [4.78, 5) is 45.2. The van der Waals surface area contributed by atoms with E-state index in [9.17, 15) is 14.4 Å². The molecule has 0 radical (unpaired) electrons. The number of hydrogen-bond donors (Lipinski definition) is 1. The molecule has 0 bridgehead atoms. The highest BCUT2D eigenvalue weighted by Crippen LogP contribution is 2.15. The van der Waals surface area contributed by atoms with Gasteiger partial charge in [-0.15, -0.1) is 0 Å². The molecule has 0 amide bonds. The molecule has 28 heavy (non-hydrogen) atoms. The minimum atomic E-state index is -0.679. The van der Waals surface area contributed by atoms with Crippen LogP contribution in [0.15, 0.2) is 27.9 Å². The largest absolute Gasteiger partial charge is 0.384 e. The summed E-state index contributed by atoms with van der Waals surface area (Å²) in [5, 5.41) is 9.01. The monoisotopic (exact) mass is 383 g/mol. The smallest absolute Gasteiger partial charge is 0.332 e. The van der Waals surface area contributed by atoms with Crippen molar-refractivity contribution in [3.8, 4) is 6.07 Å². The second-order valence-corrected chi connectivity index (χ2v) is 6.67. The number of aromatic nitrogens is 3. The lowest BCUT2D eigenvalue weighted by Crippen LogP contribution is -2.49. The maximum Gasteiger partial charge on any atom is 0.332 e. The molecule has 3 heterocycles. The van der Waals surface area contributed by atoms with E-state index in [1.54, 1.807) is 18.3 Å². The molecule has 0 aliphatic carbocycles. The van der Waals surface area contributed by atoms with Crippen molar-refractivity contribution in [3.63, 3.8) is 0 Å². The molecule has 1 aliphatic heterocycles. The van der Waals surface area contributed by atoms with E-state index >= 15 is 0 Å². The Morgan fingerprint density at radius 1 is 1.21 bits per heavy atom. The zero-order valence-corrected chi connectivity index (χ0v) is 15.8. The van der Waals surface area contributed by atoms with E-state index in [2.05, 4.69) is 11.1 Å². The van der Waals surface area contributed by atoms with Gasteiger partial charge in [0.1, 0.15) is 17.2 Å². The van der Waals surface area contributed by atoms with Crippen molar-refractivity contribution in [1.82, 2.24) is 19.0 Å². The van der Waals surface area contributed by atoms with Crippen molar-refractivity contribution in [2.45, 2.75) is 0 Å². The molecule has 2 N–H and O–H groups in total. The summed E-state index contributed by atoms with van der Waals surface area (Å²) in [5.74, 6) is 0.196. The van der Waals surface area contributed by atoms with Gasteiger partial charge in [-0.3, -0.25) is 23.6 Å². The van der Waals surface area contributed by atoms with Crippen LogP contribution >= 0.6 is 0 Å². The van der Waals surface area contributed by atoms with Crippen molar-refractivity contribution < 1.29 is 4.79 Å². The van der Waals surface area contributed by atoms with Gasteiger partial charge in [0.05, 0.1) is 18.2 Å². The maximum atomic E-state index is 12.7. The van der Waals surface area contributed by atoms with E-state index in [4.69, 9.17) is 11.0 Å². The first kappa shape index (κ1) is 19.3. The van der Waals surface area contributed by atoms with Crippen LogP contribution in [0.2, 0.25) is 0 Å². The van der Waals surface area contributed by atoms with Crippen molar-refractivity contribution >= 4 is 17.4 Å². The summed E-state index contributed by atoms with van der Waals surface area (Å²) < 4.78 is 1.98. The third-order valence-corrected chi connectivity index (χ3v) is 4.93. The number of piperazine rings is 1. The SMILES string of the molecule is Cn1c(N)c(C(=O)CN2CCN(c3cc(C#N)ccn3)CC2)c(=O)n(C)c1=O. The molecule has 0 atom stereocenters. The molecule has 10 nitrogen and oxygen atoms in total. The number of nitrogens with two attached hydrogens (primary N) is 1. The number of nitrogens with zero attached hydrogens (tertiary/aromatic N) is 6. The van der Waals surface area contributed by atoms with Crippen LogP contribution in [0, 0.1) is 11.3 Å². The van der Waals surface area contributed by atoms with Gasteiger partial charge in [0.2, 0.25) is 0 Å². The predicted molar refractivity (Wildman–Crippen MR) is 103 cm³/mol. The molecular weight excluding hydrogens is 362 g/mol. The van der Waals surface area contributed by atoms with Crippen LogP contribution in [0.3, 0.4) is 0 Å². The zero-order chi connectivity index (χ0) is 20.4. The Labute approximate surface area is 161 Å². The number of anilines is 2. The summed E-state index contributed by atoms with van der Waals surface area (Å²) in [6, 6.07) is 5.47. The Hall–Kier alpha value is -3.45. The average molecular weight is 383 g/mol. The Kier molecular flexibility index (Phi) is 5.28. The van der Waals surface area contributed by atoms with Crippen LogP contribution in [0.1, 0.15) is 15.9 Å². The summed E-state index contributed by atoms with van der Waals surface area (Å²) in [6.07, 6.45) is 1.60. The van der Waals surface area contributed by atoms with Crippen LogP contribution < -0.4 is 21.9 Å². The number of nitriles is 1. The van der Waals surface area contributed by atoms with E-state index in [1.807, 2.05) is 9.80 Å². The first-order valence-corrected chi connectivity index (χ1v) is 8.75. The molecule has 0 spiro atoms. The van der Waals surface area contributed by atoms with Gasteiger partial charge >= 0.3 is 5.69 Å². The van der Waals surface area contributed by atoms with Gasteiger partial charge in [-0.25, -0.2) is 9.78 Å². The fourth-order valence-electron chi connectivity index (χ4n) is 3.20. The summed E-state index contributed by atoms with van der Waals surface area (Å²) in [5.41, 5.74) is 4.99. The standard InChI is InChI=1S/C18H21N7O3/c1-22-16(20)15(17(27)23(2)18(22)28)13(26)11-24-5-7-25(8-6-24)14-9-12(10-19)3-4-21-14/h3-4,9H,5-8,11,20H2,1-2H3. The molecule has 2 aromatic heterocycles.